The van der Waals surface area contributed by atoms with Crippen molar-refractivity contribution in [2.75, 3.05) is 13.2 Å². The van der Waals surface area contributed by atoms with E-state index in [1.807, 2.05) is 0 Å². The van der Waals surface area contributed by atoms with Crippen LogP contribution in [0.2, 0.25) is 0 Å². The zero-order valence-corrected chi connectivity index (χ0v) is 8.02. The van der Waals surface area contributed by atoms with Crippen molar-refractivity contribution in [1.82, 2.24) is 0 Å². The van der Waals surface area contributed by atoms with Crippen molar-refractivity contribution in [3.63, 3.8) is 0 Å². The predicted octanol–water partition coefficient (Wildman–Crippen LogP) is 1.18. The Morgan fingerprint density at radius 1 is 1.07 bits per heavy atom. The van der Waals surface area contributed by atoms with E-state index in [0.717, 1.165) is 25.4 Å². The summed E-state index contributed by atoms with van der Waals surface area (Å²) < 4.78 is 8.23. The van der Waals surface area contributed by atoms with Gasteiger partial charge in [-0.1, -0.05) is 13.2 Å². The zero-order chi connectivity index (χ0) is 11.2. The van der Waals surface area contributed by atoms with Crippen LogP contribution in [0.5, 0.6) is 0 Å². The van der Waals surface area contributed by atoms with Gasteiger partial charge in [-0.2, -0.15) is 0 Å². The van der Waals surface area contributed by atoms with E-state index < -0.39 is 6.16 Å². The maximum atomic E-state index is 10.1. The summed E-state index contributed by atoms with van der Waals surface area (Å²) in [6.45, 7) is 6.64. The molecular formula is C9H16O5. The summed E-state index contributed by atoms with van der Waals surface area (Å²) >= 11 is 0. The van der Waals surface area contributed by atoms with E-state index in [9.17, 15) is 4.79 Å². The molecule has 2 N–H and O–H groups in total. The van der Waals surface area contributed by atoms with Gasteiger partial charge in [0.15, 0.2) is 0 Å². The molecule has 0 saturated carbocycles. The third-order valence-electron chi connectivity index (χ3n) is 0.925. The Bertz CT molecular complexity index is 139. The zero-order valence-electron chi connectivity index (χ0n) is 8.02. The van der Waals surface area contributed by atoms with Crippen molar-refractivity contribution in [2.45, 2.75) is 12.8 Å². The molecule has 5 nitrogen and oxygen atoms in total. The van der Waals surface area contributed by atoms with Crippen molar-refractivity contribution in [3.05, 3.63) is 25.7 Å². The van der Waals surface area contributed by atoms with Crippen LogP contribution >= 0.6 is 0 Å². The fourth-order valence-electron chi connectivity index (χ4n) is 0.387. The first-order chi connectivity index (χ1) is 6.72. The lowest BCUT2D eigenvalue weighted by Gasteiger charge is -1.91. The highest BCUT2D eigenvalue weighted by molar-refractivity contribution is 5.61. The first-order valence-electron chi connectivity index (χ1n) is 4.03. The highest BCUT2D eigenvalue weighted by Crippen LogP contribution is 1.83. The minimum absolute atomic E-state index is 0.195. The normalized spacial score (nSPS) is 7.86. The van der Waals surface area contributed by atoms with Crippen LogP contribution in [0.3, 0.4) is 0 Å². The van der Waals surface area contributed by atoms with E-state index in [0.29, 0.717) is 0 Å². The summed E-state index contributed by atoms with van der Waals surface area (Å²) in [5.41, 5.74) is 0. The van der Waals surface area contributed by atoms with E-state index in [-0.39, 0.29) is 13.2 Å². The minimum atomic E-state index is -0.824. The van der Waals surface area contributed by atoms with Gasteiger partial charge in [-0.15, -0.1) is 0 Å². The van der Waals surface area contributed by atoms with Gasteiger partial charge in [0.05, 0.1) is 12.5 Å². The van der Waals surface area contributed by atoms with Crippen LogP contribution < -0.4 is 0 Å². The first-order valence-corrected chi connectivity index (χ1v) is 4.03. The number of rotatable bonds is 5. The number of ether oxygens (including phenoxy) is 2. The summed E-state index contributed by atoms with van der Waals surface area (Å²) in [4.78, 5) is 10.1. The van der Waals surface area contributed by atoms with E-state index in [2.05, 4.69) is 22.6 Å². The predicted molar refractivity (Wildman–Crippen MR) is 51.4 cm³/mol. The van der Waals surface area contributed by atoms with Crippen molar-refractivity contribution < 1.29 is 24.5 Å². The average molecular weight is 204 g/mol. The van der Waals surface area contributed by atoms with Crippen molar-refractivity contribution >= 4 is 6.16 Å². The largest absolute Gasteiger partial charge is 0.518 e. The molecule has 5 heteroatoms. The Labute approximate surface area is 83.3 Å². The number of carbonyl (C=O) groups is 1. The standard InChI is InChI=1S/C5H6O3.C4H10O2/c1-3-7-5(6)8-4-2;5-3-1-2-4-6/h3-4H,1-2H2;5-6H,1-4H2. The Kier molecular flexibility index (Phi) is 15.4. The molecule has 0 unspecified atom stereocenters. The molecule has 0 heterocycles. The van der Waals surface area contributed by atoms with Crippen LogP contribution in [0.25, 0.3) is 0 Å². The third-order valence-corrected chi connectivity index (χ3v) is 0.925. The third kappa shape index (κ3) is 17.0. The number of unbranched alkanes of at least 4 members (excludes halogenated alkanes) is 1. The van der Waals surface area contributed by atoms with E-state index in [4.69, 9.17) is 10.2 Å². The molecular weight excluding hydrogens is 188 g/mol. The van der Waals surface area contributed by atoms with Gasteiger partial charge in [-0.3, -0.25) is 0 Å². The summed E-state index contributed by atoms with van der Waals surface area (Å²) in [6, 6.07) is 0. The van der Waals surface area contributed by atoms with Crippen LogP contribution in [0.15, 0.2) is 25.7 Å². The summed E-state index contributed by atoms with van der Waals surface area (Å²) in [6.07, 6.45) is 2.57. The number of hydrogen-bond acceptors (Lipinski definition) is 5. The molecule has 0 amide bonds. The van der Waals surface area contributed by atoms with Gasteiger partial charge < -0.3 is 19.7 Å². The van der Waals surface area contributed by atoms with E-state index >= 15 is 0 Å². The topological polar surface area (TPSA) is 76.0 Å². The summed E-state index contributed by atoms with van der Waals surface area (Å²) in [5.74, 6) is 0. The molecule has 0 aromatic rings. The smallest absolute Gasteiger partial charge is 0.403 e. The summed E-state index contributed by atoms with van der Waals surface area (Å²) in [7, 11) is 0. The molecule has 0 bridgehead atoms. The highest BCUT2D eigenvalue weighted by atomic mass is 16.7. The van der Waals surface area contributed by atoms with Crippen molar-refractivity contribution in [1.29, 1.82) is 0 Å². The van der Waals surface area contributed by atoms with Gasteiger partial charge in [0.2, 0.25) is 0 Å². The van der Waals surface area contributed by atoms with Gasteiger partial charge in [0, 0.05) is 13.2 Å². The molecule has 0 aromatic heterocycles. The van der Waals surface area contributed by atoms with Gasteiger partial charge in [0.1, 0.15) is 0 Å². The molecule has 0 atom stereocenters. The lowest BCUT2D eigenvalue weighted by atomic mass is 10.3. The molecule has 0 saturated heterocycles. The van der Waals surface area contributed by atoms with Crippen LogP contribution in [-0.4, -0.2) is 29.6 Å². The molecule has 0 radical (unpaired) electrons. The molecule has 0 aliphatic rings. The van der Waals surface area contributed by atoms with Crippen LogP contribution in [0.4, 0.5) is 4.79 Å². The van der Waals surface area contributed by atoms with Gasteiger partial charge in [-0.05, 0) is 12.8 Å². The second kappa shape index (κ2) is 14.2. The van der Waals surface area contributed by atoms with Crippen molar-refractivity contribution in [3.8, 4) is 0 Å². The first kappa shape index (κ1) is 15.2. The van der Waals surface area contributed by atoms with Crippen molar-refractivity contribution in [2.24, 2.45) is 0 Å². The van der Waals surface area contributed by atoms with Gasteiger partial charge >= 0.3 is 6.16 Å². The number of aliphatic hydroxyl groups is 2. The lowest BCUT2D eigenvalue weighted by Crippen LogP contribution is -1.96. The molecule has 0 rings (SSSR count). The number of hydrogen-bond donors (Lipinski definition) is 2. The molecule has 0 fully saturated rings. The Morgan fingerprint density at radius 3 is 1.64 bits per heavy atom. The Morgan fingerprint density at radius 2 is 1.43 bits per heavy atom. The fraction of sp³-hybridized carbons (Fsp3) is 0.444. The van der Waals surface area contributed by atoms with E-state index in [1.165, 1.54) is 0 Å². The second-order valence-electron chi connectivity index (χ2n) is 1.97. The lowest BCUT2D eigenvalue weighted by molar-refractivity contribution is 0.120. The molecule has 0 spiro atoms. The molecule has 14 heavy (non-hydrogen) atoms. The van der Waals surface area contributed by atoms with E-state index in [1.54, 1.807) is 0 Å². The minimum Gasteiger partial charge on any atom is -0.403 e. The highest BCUT2D eigenvalue weighted by Gasteiger charge is 1.93. The maximum absolute atomic E-state index is 10.1. The number of carbonyl (C=O) groups excluding carboxylic acids is 1. The van der Waals surface area contributed by atoms with Gasteiger partial charge in [-0.25, -0.2) is 4.79 Å². The summed E-state index contributed by atoms with van der Waals surface area (Å²) in [5, 5.41) is 16.2. The maximum Gasteiger partial charge on any atom is 0.518 e. The van der Waals surface area contributed by atoms with Crippen LogP contribution in [-0.2, 0) is 9.47 Å². The SMILES string of the molecule is C=COC(=O)OC=C.OCCCCO. The molecule has 0 aliphatic carbocycles. The fourth-order valence-corrected chi connectivity index (χ4v) is 0.387. The van der Waals surface area contributed by atoms with Crippen LogP contribution in [0.1, 0.15) is 12.8 Å². The Hall–Kier alpha value is -1.33. The monoisotopic (exact) mass is 204 g/mol. The number of aliphatic hydroxyl groups excluding tert-OH is 2. The Balaban J connectivity index is 0. The van der Waals surface area contributed by atoms with Crippen LogP contribution in [0, 0.1) is 0 Å². The second-order valence-corrected chi connectivity index (χ2v) is 1.97. The van der Waals surface area contributed by atoms with Gasteiger partial charge in [0.25, 0.3) is 0 Å². The quantitative estimate of drug-likeness (QED) is 0.399. The molecule has 0 aliphatic heterocycles. The molecule has 82 valence electrons. The average Bonchev–Trinajstić information content (AvgIpc) is 2.16. The molecule has 0 aromatic carbocycles.